The lowest BCUT2D eigenvalue weighted by atomic mass is 9.84. The van der Waals surface area contributed by atoms with Gasteiger partial charge in [0.25, 0.3) is 15.9 Å². The van der Waals surface area contributed by atoms with Crippen molar-refractivity contribution in [3.63, 3.8) is 0 Å². The van der Waals surface area contributed by atoms with Gasteiger partial charge >= 0.3 is 0 Å². The molecule has 0 unspecified atom stereocenters. The number of nitrogens with one attached hydrogen (secondary N) is 2. The van der Waals surface area contributed by atoms with Crippen LogP contribution in [-0.2, 0) is 10.0 Å². The summed E-state index contributed by atoms with van der Waals surface area (Å²) in [7, 11) is -3.99. The first kappa shape index (κ1) is 29.4. The van der Waals surface area contributed by atoms with Gasteiger partial charge in [-0.2, -0.15) is 0 Å². The second-order valence-electron chi connectivity index (χ2n) is 10.8. The van der Waals surface area contributed by atoms with Crippen molar-refractivity contribution < 1.29 is 22.3 Å². The van der Waals surface area contributed by atoms with Crippen molar-refractivity contribution in [2.45, 2.75) is 55.9 Å². The standard InChI is InChI=1S/C31H35ClFN3O4S/c32-27-21-24(33)11-16-29(27)40-30-6-2-1-5-28(30)35-41(38,39)26-14-9-23(10-15-26)31(37)34-25-12-7-22(8-13-25)17-20-36-18-3-4-19-36/h1-2,5-6,9-11,14-16,21-22,25,35H,3-4,7-8,12-13,17-20H2,(H,34,37). The Morgan fingerprint density at radius 1 is 0.951 bits per heavy atom. The normalized spacial score (nSPS) is 19.6. The van der Waals surface area contributed by atoms with E-state index in [1.54, 1.807) is 24.3 Å². The van der Waals surface area contributed by atoms with Gasteiger partial charge in [-0.05, 0) is 125 Å². The molecule has 1 saturated carbocycles. The third kappa shape index (κ3) is 7.78. The number of nitrogens with zero attached hydrogens (tertiary/aromatic N) is 1. The Labute approximate surface area is 246 Å². The molecule has 1 aliphatic carbocycles. The number of anilines is 1. The molecule has 1 saturated heterocycles. The van der Waals surface area contributed by atoms with Gasteiger partial charge < -0.3 is 15.0 Å². The summed E-state index contributed by atoms with van der Waals surface area (Å²) in [6.45, 7) is 3.65. The van der Waals surface area contributed by atoms with Gasteiger partial charge in [0.2, 0.25) is 0 Å². The van der Waals surface area contributed by atoms with E-state index in [2.05, 4.69) is 14.9 Å². The average Bonchev–Trinajstić information content (AvgIpc) is 3.49. The third-order valence-electron chi connectivity index (χ3n) is 7.91. The first-order valence-electron chi connectivity index (χ1n) is 14.1. The van der Waals surface area contributed by atoms with Gasteiger partial charge in [0.1, 0.15) is 11.6 Å². The van der Waals surface area contributed by atoms with Gasteiger partial charge in [-0.1, -0.05) is 23.7 Å². The number of benzene rings is 3. The summed E-state index contributed by atoms with van der Waals surface area (Å²) in [4.78, 5) is 15.4. The summed E-state index contributed by atoms with van der Waals surface area (Å²) in [5.41, 5.74) is 0.598. The van der Waals surface area contributed by atoms with Crippen molar-refractivity contribution in [2.75, 3.05) is 24.4 Å². The maximum atomic E-state index is 13.4. The highest BCUT2D eigenvalue weighted by atomic mass is 35.5. The predicted molar refractivity (Wildman–Crippen MR) is 159 cm³/mol. The summed E-state index contributed by atoms with van der Waals surface area (Å²) in [6, 6.07) is 16.1. The number of carbonyl (C=O) groups is 1. The Morgan fingerprint density at radius 3 is 2.37 bits per heavy atom. The molecule has 0 radical (unpaired) electrons. The zero-order valence-electron chi connectivity index (χ0n) is 22.8. The first-order valence-corrected chi connectivity index (χ1v) is 16.0. The summed E-state index contributed by atoms with van der Waals surface area (Å²) in [5, 5.41) is 3.18. The third-order valence-corrected chi connectivity index (χ3v) is 9.58. The van der Waals surface area contributed by atoms with Gasteiger partial charge in [-0.3, -0.25) is 9.52 Å². The Morgan fingerprint density at radius 2 is 1.66 bits per heavy atom. The van der Waals surface area contributed by atoms with E-state index in [4.69, 9.17) is 16.3 Å². The molecular weight excluding hydrogens is 565 g/mol. The van der Waals surface area contributed by atoms with E-state index in [0.717, 1.165) is 37.7 Å². The fourth-order valence-corrected chi connectivity index (χ4v) is 6.82. The monoisotopic (exact) mass is 599 g/mol. The number of para-hydroxylation sites is 2. The molecule has 0 aromatic heterocycles. The van der Waals surface area contributed by atoms with Crippen LogP contribution in [0.3, 0.4) is 0 Å². The molecule has 41 heavy (non-hydrogen) atoms. The molecule has 3 aromatic carbocycles. The van der Waals surface area contributed by atoms with E-state index in [-0.39, 0.29) is 39.1 Å². The number of ether oxygens (including phenoxy) is 1. The molecule has 1 heterocycles. The van der Waals surface area contributed by atoms with Crippen LogP contribution >= 0.6 is 11.6 Å². The summed E-state index contributed by atoms with van der Waals surface area (Å²) < 4.78 is 48.0. The largest absolute Gasteiger partial charge is 0.454 e. The fraction of sp³-hybridized carbons (Fsp3) is 0.387. The second-order valence-corrected chi connectivity index (χ2v) is 12.9. The lowest BCUT2D eigenvalue weighted by Crippen LogP contribution is -2.38. The molecule has 1 amide bonds. The second kappa shape index (κ2) is 13.2. The molecule has 5 rings (SSSR count). The molecule has 2 fully saturated rings. The van der Waals surface area contributed by atoms with Crippen LogP contribution in [0.4, 0.5) is 10.1 Å². The first-order chi connectivity index (χ1) is 19.8. The van der Waals surface area contributed by atoms with Crippen LogP contribution in [0.2, 0.25) is 5.02 Å². The minimum Gasteiger partial charge on any atom is -0.454 e. The highest BCUT2D eigenvalue weighted by molar-refractivity contribution is 7.92. The number of hydrogen-bond donors (Lipinski definition) is 2. The quantitative estimate of drug-likeness (QED) is 0.266. The van der Waals surface area contributed by atoms with Crippen molar-refractivity contribution in [3.05, 3.63) is 83.1 Å². The number of halogens is 2. The van der Waals surface area contributed by atoms with Crippen LogP contribution in [-0.4, -0.2) is 44.9 Å². The maximum Gasteiger partial charge on any atom is 0.262 e. The molecule has 10 heteroatoms. The zero-order chi connectivity index (χ0) is 28.8. The number of hydrogen-bond acceptors (Lipinski definition) is 5. The Hall–Kier alpha value is -3.14. The molecule has 3 aromatic rings. The van der Waals surface area contributed by atoms with Crippen LogP contribution in [0.25, 0.3) is 0 Å². The number of amides is 1. The fourth-order valence-electron chi connectivity index (χ4n) is 5.54. The van der Waals surface area contributed by atoms with E-state index >= 15 is 0 Å². The number of likely N-dealkylation sites (tertiary alicyclic amines) is 1. The molecular formula is C31H35ClFN3O4S. The number of carbonyl (C=O) groups excluding carboxylic acids is 1. The van der Waals surface area contributed by atoms with Gasteiger partial charge in [0, 0.05) is 11.6 Å². The van der Waals surface area contributed by atoms with Crippen LogP contribution in [0.1, 0.15) is 55.3 Å². The van der Waals surface area contributed by atoms with Crippen molar-refractivity contribution >= 4 is 33.2 Å². The van der Waals surface area contributed by atoms with Crippen molar-refractivity contribution in [1.82, 2.24) is 10.2 Å². The molecule has 2 aliphatic rings. The SMILES string of the molecule is O=C(NC1CCC(CCN2CCCC2)CC1)c1ccc(S(=O)(=O)Nc2ccccc2Oc2ccc(F)cc2Cl)cc1. The predicted octanol–water partition coefficient (Wildman–Crippen LogP) is 6.85. The topological polar surface area (TPSA) is 87.7 Å². The van der Waals surface area contributed by atoms with Crippen LogP contribution < -0.4 is 14.8 Å². The van der Waals surface area contributed by atoms with Gasteiger partial charge in [-0.25, -0.2) is 12.8 Å². The van der Waals surface area contributed by atoms with Crippen molar-refractivity contribution in [3.8, 4) is 11.5 Å². The smallest absolute Gasteiger partial charge is 0.262 e. The summed E-state index contributed by atoms with van der Waals surface area (Å²) in [5.74, 6) is 0.405. The van der Waals surface area contributed by atoms with Gasteiger partial charge in [-0.15, -0.1) is 0 Å². The zero-order valence-corrected chi connectivity index (χ0v) is 24.4. The highest BCUT2D eigenvalue weighted by Gasteiger charge is 2.24. The molecule has 0 atom stereocenters. The Kier molecular flexibility index (Phi) is 9.47. The Bertz CT molecular complexity index is 1450. The van der Waals surface area contributed by atoms with E-state index in [0.29, 0.717) is 5.56 Å². The van der Waals surface area contributed by atoms with Crippen molar-refractivity contribution in [1.29, 1.82) is 0 Å². The van der Waals surface area contributed by atoms with Crippen LogP contribution in [0, 0.1) is 11.7 Å². The molecule has 218 valence electrons. The minimum atomic E-state index is -3.99. The van der Waals surface area contributed by atoms with Crippen LogP contribution in [0.15, 0.2) is 71.6 Å². The minimum absolute atomic E-state index is 0.00202. The van der Waals surface area contributed by atoms with Crippen molar-refractivity contribution in [2.24, 2.45) is 5.92 Å². The van der Waals surface area contributed by atoms with Gasteiger partial charge in [0.15, 0.2) is 5.75 Å². The lowest BCUT2D eigenvalue weighted by Gasteiger charge is -2.30. The van der Waals surface area contributed by atoms with E-state index in [1.165, 1.54) is 75.3 Å². The number of rotatable bonds is 10. The maximum absolute atomic E-state index is 13.4. The average molecular weight is 600 g/mol. The highest BCUT2D eigenvalue weighted by Crippen LogP contribution is 2.35. The van der Waals surface area contributed by atoms with E-state index < -0.39 is 15.8 Å². The van der Waals surface area contributed by atoms with E-state index in [1.807, 2.05) is 0 Å². The summed E-state index contributed by atoms with van der Waals surface area (Å²) >= 11 is 6.07. The number of sulfonamides is 1. The van der Waals surface area contributed by atoms with Crippen LogP contribution in [0.5, 0.6) is 11.5 Å². The summed E-state index contributed by atoms with van der Waals surface area (Å²) in [6.07, 6.45) is 8.07. The van der Waals surface area contributed by atoms with E-state index in [9.17, 15) is 17.6 Å². The van der Waals surface area contributed by atoms with Gasteiger partial charge in [0.05, 0.1) is 15.6 Å². The molecule has 1 aliphatic heterocycles. The molecule has 2 N–H and O–H groups in total. The Balaban J connectivity index is 1.16. The molecule has 0 spiro atoms. The molecule has 7 nitrogen and oxygen atoms in total. The lowest BCUT2D eigenvalue weighted by molar-refractivity contribution is 0.0920. The molecule has 0 bridgehead atoms.